The summed E-state index contributed by atoms with van der Waals surface area (Å²) in [6, 6.07) is 1.65. The SMILES string of the molecule is CC1CCCC(CO)(NC(=O)c2cc(F)cc(N)c2F)C1. The van der Waals surface area contributed by atoms with E-state index in [9.17, 15) is 18.7 Å². The van der Waals surface area contributed by atoms with E-state index in [1.165, 1.54) is 0 Å². The van der Waals surface area contributed by atoms with Crippen LogP contribution in [0.4, 0.5) is 14.5 Å². The second-order valence-corrected chi connectivity index (χ2v) is 5.95. The fourth-order valence-corrected chi connectivity index (χ4v) is 3.04. The number of carbonyl (C=O) groups excluding carboxylic acids is 1. The zero-order valence-corrected chi connectivity index (χ0v) is 12.0. The number of aliphatic hydroxyl groups is 1. The minimum atomic E-state index is -0.939. The molecule has 0 aromatic heterocycles. The van der Waals surface area contributed by atoms with Crippen LogP contribution in [0.1, 0.15) is 43.0 Å². The fraction of sp³-hybridized carbons (Fsp3) is 0.533. The number of halogens is 2. The standard InChI is InChI=1S/C15H20F2N2O2/c1-9-3-2-4-15(7-9,8-20)19-14(21)11-5-10(16)6-12(18)13(11)17/h5-6,9,20H,2-4,7-8,18H2,1H3,(H,19,21). The number of hydrogen-bond acceptors (Lipinski definition) is 3. The van der Waals surface area contributed by atoms with E-state index in [2.05, 4.69) is 5.32 Å². The number of benzene rings is 1. The molecule has 116 valence electrons. The summed E-state index contributed by atoms with van der Waals surface area (Å²) in [6.45, 7) is 1.81. The molecule has 0 heterocycles. The Labute approximate surface area is 122 Å². The minimum absolute atomic E-state index is 0.227. The van der Waals surface area contributed by atoms with E-state index in [-0.39, 0.29) is 6.61 Å². The predicted octanol–water partition coefficient (Wildman–Crippen LogP) is 2.22. The number of aliphatic hydroxyl groups excluding tert-OH is 1. The first kappa shape index (κ1) is 15.7. The second kappa shape index (κ2) is 5.97. The van der Waals surface area contributed by atoms with Gasteiger partial charge in [0.1, 0.15) is 5.82 Å². The lowest BCUT2D eigenvalue weighted by atomic mass is 9.76. The number of amides is 1. The Hall–Kier alpha value is -1.69. The van der Waals surface area contributed by atoms with Gasteiger partial charge in [0.05, 0.1) is 23.4 Å². The van der Waals surface area contributed by atoms with E-state index < -0.39 is 34.3 Å². The second-order valence-electron chi connectivity index (χ2n) is 5.95. The molecule has 4 nitrogen and oxygen atoms in total. The molecule has 2 atom stereocenters. The van der Waals surface area contributed by atoms with E-state index in [0.29, 0.717) is 18.8 Å². The molecule has 0 radical (unpaired) electrons. The molecule has 1 saturated carbocycles. The number of nitrogen functional groups attached to an aromatic ring is 1. The van der Waals surface area contributed by atoms with Crippen LogP contribution in [-0.4, -0.2) is 23.2 Å². The lowest BCUT2D eigenvalue weighted by Crippen LogP contribution is -2.54. The van der Waals surface area contributed by atoms with Crippen molar-refractivity contribution in [2.45, 2.75) is 38.1 Å². The number of nitrogens with one attached hydrogen (secondary N) is 1. The molecule has 0 aliphatic heterocycles. The van der Waals surface area contributed by atoms with E-state index in [1.54, 1.807) is 0 Å². The van der Waals surface area contributed by atoms with Crippen LogP contribution in [0, 0.1) is 17.6 Å². The van der Waals surface area contributed by atoms with Crippen molar-refractivity contribution in [2.75, 3.05) is 12.3 Å². The van der Waals surface area contributed by atoms with Crippen molar-refractivity contribution in [3.8, 4) is 0 Å². The Morgan fingerprint density at radius 2 is 2.24 bits per heavy atom. The average molecular weight is 298 g/mol. The van der Waals surface area contributed by atoms with E-state index in [4.69, 9.17) is 5.73 Å². The molecule has 1 amide bonds. The number of anilines is 1. The molecule has 2 rings (SSSR count). The van der Waals surface area contributed by atoms with Crippen molar-refractivity contribution >= 4 is 11.6 Å². The van der Waals surface area contributed by atoms with Gasteiger partial charge in [-0.2, -0.15) is 0 Å². The number of carbonyl (C=O) groups is 1. The largest absolute Gasteiger partial charge is 0.396 e. The highest BCUT2D eigenvalue weighted by Gasteiger charge is 2.36. The van der Waals surface area contributed by atoms with E-state index in [1.807, 2.05) is 6.92 Å². The van der Waals surface area contributed by atoms with E-state index in [0.717, 1.165) is 25.0 Å². The van der Waals surface area contributed by atoms with Gasteiger partial charge in [-0.1, -0.05) is 19.8 Å². The quantitative estimate of drug-likeness (QED) is 0.749. The maximum Gasteiger partial charge on any atom is 0.254 e. The molecule has 1 aliphatic carbocycles. The third-order valence-corrected chi connectivity index (χ3v) is 4.08. The minimum Gasteiger partial charge on any atom is -0.396 e. The smallest absolute Gasteiger partial charge is 0.254 e. The summed E-state index contributed by atoms with van der Waals surface area (Å²) in [6.07, 6.45) is 3.13. The normalized spacial score (nSPS) is 25.6. The zero-order chi connectivity index (χ0) is 15.6. The Morgan fingerprint density at radius 3 is 2.86 bits per heavy atom. The van der Waals surface area contributed by atoms with Gasteiger partial charge in [0.25, 0.3) is 5.91 Å². The van der Waals surface area contributed by atoms with Crippen molar-refractivity contribution in [3.63, 3.8) is 0 Å². The van der Waals surface area contributed by atoms with Gasteiger partial charge in [0, 0.05) is 0 Å². The molecular weight excluding hydrogens is 278 g/mol. The molecule has 0 spiro atoms. The monoisotopic (exact) mass is 298 g/mol. The summed E-state index contributed by atoms with van der Waals surface area (Å²) >= 11 is 0. The highest BCUT2D eigenvalue weighted by molar-refractivity contribution is 5.96. The number of hydrogen-bond donors (Lipinski definition) is 3. The van der Waals surface area contributed by atoms with Crippen LogP contribution in [0.2, 0.25) is 0 Å². The predicted molar refractivity (Wildman–Crippen MR) is 75.7 cm³/mol. The summed E-state index contributed by atoms with van der Waals surface area (Å²) < 4.78 is 27.2. The zero-order valence-electron chi connectivity index (χ0n) is 12.0. The van der Waals surface area contributed by atoms with Gasteiger partial charge in [0.15, 0.2) is 5.82 Å². The summed E-state index contributed by atoms with van der Waals surface area (Å²) in [5, 5.41) is 12.3. The molecule has 0 bridgehead atoms. The summed E-state index contributed by atoms with van der Waals surface area (Å²) in [5.74, 6) is -2.10. The first-order valence-electron chi connectivity index (χ1n) is 7.05. The van der Waals surface area contributed by atoms with Gasteiger partial charge in [-0.25, -0.2) is 8.78 Å². The summed E-state index contributed by atoms with van der Waals surface area (Å²) in [7, 11) is 0. The lowest BCUT2D eigenvalue weighted by molar-refractivity contribution is 0.0693. The Balaban J connectivity index is 2.24. The van der Waals surface area contributed by atoms with Crippen molar-refractivity contribution in [1.82, 2.24) is 5.32 Å². The lowest BCUT2D eigenvalue weighted by Gasteiger charge is -2.39. The van der Waals surface area contributed by atoms with Crippen LogP contribution < -0.4 is 11.1 Å². The van der Waals surface area contributed by atoms with Crippen molar-refractivity contribution in [1.29, 1.82) is 0 Å². The van der Waals surface area contributed by atoms with Gasteiger partial charge in [0.2, 0.25) is 0 Å². The van der Waals surface area contributed by atoms with Gasteiger partial charge >= 0.3 is 0 Å². The maximum absolute atomic E-state index is 13.9. The number of rotatable bonds is 3. The van der Waals surface area contributed by atoms with Crippen LogP contribution >= 0.6 is 0 Å². The molecule has 1 aromatic carbocycles. The van der Waals surface area contributed by atoms with Crippen LogP contribution in [0.25, 0.3) is 0 Å². The number of nitrogens with two attached hydrogens (primary N) is 1. The van der Waals surface area contributed by atoms with E-state index >= 15 is 0 Å². The van der Waals surface area contributed by atoms with Gasteiger partial charge < -0.3 is 16.2 Å². The van der Waals surface area contributed by atoms with Crippen molar-refractivity contribution < 1.29 is 18.7 Å². The third kappa shape index (κ3) is 3.32. The van der Waals surface area contributed by atoms with Crippen LogP contribution in [-0.2, 0) is 0 Å². The average Bonchev–Trinajstić information content (AvgIpc) is 2.42. The Kier molecular flexibility index (Phi) is 4.46. The molecule has 4 N–H and O–H groups in total. The first-order valence-corrected chi connectivity index (χ1v) is 7.05. The first-order chi connectivity index (χ1) is 9.87. The van der Waals surface area contributed by atoms with Crippen molar-refractivity contribution in [3.05, 3.63) is 29.3 Å². The summed E-state index contributed by atoms with van der Waals surface area (Å²) in [4.78, 5) is 12.2. The third-order valence-electron chi connectivity index (χ3n) is 4.08. The van der Waals surface area contributed by atoms with Crippen LogP contribution in [0.3, 0.4) is 0 Å². The molecule has 1 aromatic rings. The molecule has 6 heteroatoms. The fourth-order valence-electron chi connectivity index (χ4n) is 3.04. The highest BCUT2D eigenvalue weighted by Crippen LogP contribution is 2.32. The van der Waals surface area contributed by atoms with Gasteiger partial charge in [-0.15, -0.1) is 0 Å². The maximum atomic E-state index is 13.9. The Morgan fingerprint density at radius 1 is 1.52 bits per heavy atom. The van der Waals surface area contributed by atoms with Crippen molar-refractivity contribution in [2.24, 2.45) is 5.92 Å². The molecule has 21 heavy (non-hydrogen) atoms. The highest BCUT2D eigenvalue weighted by atomic mass is 19.1. The molecule has 1 fully saturated rings. The topological polar surface area (TPSA) is 75.3 Å². The molecule has 2 unspecified atom stereocenters. The van der Waals surface area contributed by atoms with Crippen LogP contribution in [0.15, 0.2) is 12.1 Å². The molecule has 0 saturated heterocycles. The summed E-state index contributed by atoms with van der Waals surface area (Å²) in [5.41, 5.74) is 3.72. The molecule has 1 aliphatic rings. The molecular formula is C15H20F2N2O2. The Bertz CT molecular complexity index is 551. The van der Waals surface area contributed by atoms with Gasteiger partial charge in [-0.05, 0) is 30.9 Å². The van der Waals surface area contributed by atoms with Crippen LogP contribution in [0.5, 0.6) is 0 Å². The van der Waals surface area contributed by atoms with Gasteiger partial charge in [-0.3, -0.25) is 4.79 Å².